The van der Waals surface area contributed by atoms with Gasteiger partial charge in [0.2, 0.25) is 5.91 Å². The van der Waals surface area contributed by atoms with Crippen LogP contribution < -0.4 is 5.32 Å². The minimum Gasteiger partial charge on any atom is -0.429 e. The molecule has 1 aromatic carbocycles. The Balaban J connectivity index is 1.68. The Morgan fingerprint density at radius 3 is 2.83 bits per heavy atom. The fraction of sp³-hybridized carbons (Fsp3) is 0.125. The van der Waals surface area contributed by atoms with Crippen LogP contribution in [-0.2, 0) is 9.59 Å². The Hall–Kier alpha value is -2.45. The Morgan fingerprint density at radius 2 is 2.17 bits per heavy atom. The number of amides is 2. The van der Waals surface area contributed by atoms with E-state index in [2.05, 4.69) is 10.3 Å². The summed E-state index contributed by atoms with van der Waals surface area (Å²) in [6.45, 7) is 1.54. The van der Waals surface area contributed by atoms with Crippen molar-refractivity contribution in [1.29, 1.82) is 0 Å². The van der Waals surface area contributed by atoms with Gasteiger partial charge in [-0.05, 0) is 18.6 Å². The number of anilines is 1. The normalized spacial score (nSPS) is 16.0. The molecule has 6 nitrogen and oxygen atoms in total. The van der Waals surface area contributed by atoms with E-state index in [1.807, 2.05) is 30.3 Å². The summed E-state index contributed by atoms with van der Waals surface area (Å²) in [6.07, 6.45) is 3.26. The predicted octanol–water partition coefficient (Wildman–Crippen LogP) is 2.82. The summed E-state index contributed by atoms with van der Waals surface area (Å²) < 4.78 is 5.52. The van der Waals surface area contributed by atoms with E-state index in [1.54, 1.807) is 13.0 Å². The van der Waals surface area contributed by atoms with E-state index >= 15 is 0 Å². The quantitative estimate of drug-likeness (QED) is 0.668. The molecule has 0 spiro atoms. The van der Waals surface area contributed by atoms with Gasteiger partial charge in [-0.1, -0.05) is 54.3 Å². The molecule has 0 saturated carbocycles. The second-order valence-corrected chi connectivity index (χ2v) is 6.68. The lowest BCUT2D eigenvalue weighted by atomic mass is 10.2. The number of nitrogens with one attached hydrogen (secondary N) is 1. The molecule has 1 saturated heterocycles. The van der Waals surface area contributed by atoms with Crippen molar-refractivity contribution < 1.29 is 14.0 Å². The van der Waals surface area contributed by atoms with Gasteiger partial charge in [0, 0.05) is 0 Å². The number of rotatable bonds is 4. The fourth-order valence-corrected chi connectivity index (χ4v) is 3.31. The number of carbonyl (C=O) groups is 2. The van der Waals surface area contributed by atoms with Crippen LogP contribution in [0, 0.1) is 6.92 Å². The summed E-state index contributed by atoms with van der Waals surface area (Å²) in [6, 6.07) is 9.56. The molecule has 0 aliphatic carbocycles. The summed E-state index contributed by atoms with van der Waals surface area (Å²) >= 11 is 6.39. The van der Waals surface area contributed by atoms with Crippen molar-refractivity contribution in [2.75, 3.05) is 11.9 Å². The van der Waals surface area contributed by atoms with Crippen molar-refractivity contribution in [1.82, 2.24) is 9.88 Å². The van der Waals surface area contributed by atoms with Crippen LogP contribution in [0.5, 0.6) is 0 Å². The highest BCUT2D eigenvalue weighted by atomic mass is 32.2. The minimum atomic E-state index is -0.422. The lowest BCUT2D eigenvalue weighted by Gasteiger charge is -2.12. The first-order valence-corrected chi connectivity index (χ1v) is 8.28. The fourth-order valence-electron chi connectivity index (χ4n) is 2.05. The molecular formula is C16H13N3O3S2. The minimum absolute atomic E-state index is 0.0998. The molecule has 122 valence electrons. The summed E-state index contributed by atoms with van der Waals surface area (Å²) in [5, 5.41) is 2.50. The zero-order valence-electron chi connectivity index (χ0n) is 12.7. The van der Waals surface area contributed by atoms with Crippen molar-refractivity contribution in [2.45, 2.75) is 6.92 Å². The Bertz CT molecular complexity index is 830. The van der Waals surface area contributed by atoms with Gasteiger partial charge in [-0.25, -0.2) is 4.98 Å². The smallest absolute Gasteiger partial charge is 0.301 e. The number of benzene rings is 1. The summed E-state index contributed by atoms with van der Waals surface area (Å²) in [5.74, 6) is -0.122. The number of thioether (sulfide) groups is 1. The molecule has 8 heteroatoms. The second-order valence-electron chi connectivity index (χ2n) is 5.00. The number of aromatic nitrogens is 1. The van der Waals surface area contributed by atoms with Crippen molar-refractivity contribution in [3.05, 3.63) is 52.8 Å². The number of hydrogen-bond donors (Lipinski definition) is 1. The Labute approximate surface area is 147 Å². The van der Waals surface area contributed by atoms with Crippen LogP contribution in [0.3, 0.4) is 0 Å². The number of carbonyl (C=O) groups excluding carboxylic acids is 2. The average molecular weight is 359 g/mol. The van der Waals surface area contributed by atoms with Gasteiger partial charge in [0.1, 0.15) is 16.6 Å². The molecule has 1 aliphatic heterocycles. The molecule has 1 aromatic heterocycles. The van der Waals surface area contributed by atoms with Crippen molar-refractivity contribution >= 4 is 52.2 Å². The molecule has 0 bridgehead atoms. The van der Waals surface area contributed by atoms with Gasteiger partial charge < -0.3 is 4.42 Å². The first kappa shape index (κ1) is 16.4. The third-order valence-electron chi connectivity index (χ3n) is 3.14. The van der Waals surface area contributed by atoms with E-state index in [1.165, 1.54) is 22.9 Å². The van der Waals surface area contributed by atoms with Gasteiger partial charge >= 0.3 is 6.01 Å². The van der Waals surface area contributed by atoms with E-state index < -0.39 is 5.91 Å². The Morgan fingerprint density at radius 1 is 1.42 bits per heavy atom. The van der Waals surface area contributed by atoms with Gasteiger partial charge in [-0.2, -0.15) is 0 Å². The first-order chi connectivity index (χ1) is 11.5. The zero-order chi connectivity index (χ0) is 17.1. The molecule has 24 heavy (non-hydrogen) atoms. The maximum absolute atomic E-state index is 12.4. The lowest BCUT2D eigenvalue weighted by Crippen LogP contribution is -2.36. The number of thiocarbonyl (C=S) groups is 1. The molecular weight excluding hydrogens is 346 g/mol. The largest absolute Gasteiger partial charge is 0.429 e. The monoisotopic (exact) mass is 359 g/mol. The van der Waals surface area contributed by atoms with Crippen LogP contribution in [-0.4, -0.2) is 32.6 Å². The number of nitrogens with zero attached hydrogens (tertiary/aromatic N) is 2. The molecule has 2 amide bonds. The predicted molar refractivity (Wildman–Crippen MR) is 96.2 cm³/mol. The molecule has 2 heterocycles. The molecule has 2 aromatic rings. The van der Waals surface area contributed by atoms with Crippen molar-refractivity contribution in [2.24, 2.45) is 0 Å². The highest BCUT2D eigenvalue weighted by Crippen LogP contribution is 2.32. The van der Waals surface area contributed by atoms with Crippen LogP contribution in [0.1, 0.15) is 11.3 Å². The van der Waals surface area contributed by atoms with Crippen molar-refractivity contribution in [3.8, 4) is 0 Å². The van der Waals surface area contributed by atoms with Crippen LogP contribution in [0.2, 0.25) is 0 Å². The van der Waals surface area contributed by atoms with Crippen LogP contribution in [0.25, 0.3) is 6.08 Å². The maximum Gasteiger partial charge on any atom is 0.301 e. The standard InChI is InChI=1S/C16H13N3O3S2/c1-10-8-17-15(22-10)18-13(20)9-19-14(21)12(24-16(19)23)7-11-5-3-2-4-6-11/h2-8H,9H2,1H3,(H,17,18,20). The molecule has 0 unspecified atom stereocenters. The van der Waals surface area contributed by atoms with Gasteiger partial charge in [0.25, 0.3) is 5.91 Å². The summed E-state index contributed by atoms with van der Waals surface area (Å²) in [7, 11) is 0. The molecule has 1 fully saturated rings. The third kappa shape index (κ3) is 3.72. The molecule has 1 aliphatic rings. The van der Waals surface area contributed by atoms with Gasteiger partial charge in [0.15, 0.2) is 0 Å². The number of oxazole rings is 1. The lowest BCUT2D eigenvalue weighted by molar-refractivity contribution is -0.126. The molecule has 3 rings (SSSR count). The average Bonchev–Trinajstić information content (AvgIpc) is 3.07. The van der Waals surface area contributed by atoms with E-state index in [-0.39, 0.29) is 18.5 Å². The van der Waals surface area contributed by atoms with Crippen LogP contribution in [0.15, 0.2) is 45.9 Å². The van der Waals surface area contributed by atoms with E-state index in [9.17, 15) is 9.59 Å². The van der Waals surface area contributed by atoms with Gasteiger partial charge in [0.05, 0.1) is 11.1 Å². The molecule has 0 atom stereocenters. The number of hydrogen-bond acceptors (Lipinski definition) is 6. The molecule has 0 radical (unpaired) electrons. The first-order valence-electron chi connectivity index (χ1n) is 7.05. The zero-order valence-corrected chi connectivity index (χ0v) is 14.3. The van der Waals surface area contributed by atoms with Crippen LogP contribution in [0.4, 0.5) is 6.01 Å². The topological polar surface area (TPSA) is 75.4 Å². The Kier molecular flexibility index (Phi) is 4.77. The van der Waals surface area contributed by atoms with Gasteiger partial charge in [-0.15, -0.1) is 0 Å². The van der Waals surface area contributed by atoms with E-state index in [0.29, 0.717) is 15.0 Å². The molecule has 1 N–H and O–H groups in total. The van der Waals surface area contributed by atoms with E-state index in [4.69, 9.17) is 16.6 Å². The third-order valence-corrected chi connectivity index (χ3v) is 4.52. The number of aryl methyl sites for hydroxylation is 1. The highest BCUT2D eigenvalue weighted by molar-refractivity contribution is 8.26. The van der Waals surface area contributed by atoms with Gasteiger partial charge in [-0.3, -0.25) is 19.8 Å². The van der Waals surface area contributed by atoms with E-state index in [0.717, 1.165) is 5.56 Å². The highest BCUT2D eigenvalue weighted by Gasteiger charge is 2.33. The summed E-state index contributed by atoms with van der Waals surface area (Å²) in [4.78, 5) is 30.1. The maximum atomic E-state index is 12.4. The van der Waals surface area contributed by atoms with Crippen molar-refractivity contribution in [3.63, 3.8) is 0 Å². The summed E-state index contributed by atoms with van der Waals surface area (Å²) in [5.41, 5.74) is 0.901. The SMILES string of the molecule is Cc1cnc(NC(=O)CN2C(=O)C(=Cc3ccccc3)SC2=S)o1. The van der Waals surface area contributed by atoms with Crippen LogP contribution >= 0.6 is 24.0 Å². The second kappa shape index (κ2) is 6.98.